The van der Waals surface area contributed by atoms with E-state index in [-0.39, 0.29) is 23.6 Å². The highest BCUT2D eigenvalue weighted by atomic mass is 79.9. The summed E-state index contributed by atoms with van der Waals surface area (Å²) in [6, 6.07) is 12.3. The van der Waals surface area contributed by atoms with Crippen molar-refractivity contribution in [2.75, 3.05) is 25.0 Å². The number of anilines is 1. The second-order valence-corrected chi connectivity index (χ2v) is 6.85. The van der Waals surface area contributed by atoms with Crippen molar-refractivity contribution in [3.05, 3.63) is 57.1 Å². The van der Waals surface area contributed by atoms with Gasteiger partial charge in [0.2, 0.25) is 5.75 Å². The van der Waals surface area contributed by atoms with Crippen LogP contribution in [0.1, 0.15) is 6.92 Å². The lowest BCUT2D eigenvalue weighted by Gasteiger charge is -2.29. The van der Waals surface area contributed by atoms with E-state index in [9.17, 15) is 10.1 Å². The number of para-hydroxylation sites is 1. The van der Waals surface area contributed by atoms with Gasteiger partial charge in [-0.1, -0.05) is 18.2 Å². The number of nitrogens with zero attached hydrogens (tertiary/aromatic N) is 1. The van der Waals surface area contributed by atoms with Crippen molar-refractivity contribution in [1.29, 1.82) is 0 Å². The molecule has 2 N–H and O–H groups in total. The average molecular weight is 422 g/mol. The first-order valence-electron chi connectivity index (χ1n) is 8.35. The molecule has 3 rings (SSSR count). The number of ether oxygens (including phenoxy) is 2. The maximum atomic E-state index is 11.8. The molecular weight excluding hydrogens is 402 g/mol. The van der Waals surface area contributed by atoms with Gasteiger partial charge in [-0.25, -0.2) is 0 Å². The van der Waals surface area contributed by atoms with Gasteiger partial charge in [-0.15, -0.1) is 0 Å². The molecule has 2 unspecified atom stereocenters. The summed E-state index contributed by atoms with van der Waals surface area (Å²) in [5.41, 5.74) is 0.282. The first kappa shape index (κ1) is 18.6. The van der Waals surface area contributed by atoms with Crippen molar-refractivity contribution in [3.8, 4) is 11.5 Å². The zero-order chi connectivity index (χ0) is 18.5. The molecule has 1 aliphatic heterocycles. The van der Waals surface area contributed by atoms with Crippen molar-refractivity contribution in [1.82, 2.24) is 5.32 Å². The maximum Gasteiger partial charge on any atom is 0.335 e. The highest BCUT2D eigenvalue weighted by Gasteiger charge is 2.28. The number of nitrogens with one attached hydrogen (secondary N) is 2. The van der Waals surface area contributed by atoms with Crippen molar-refractivity contribution in [2.45, 2.75) is 19.1 Å². The number of halogens is 1. The molecule has 0 amide bonds. The van der Waals surface area contributed by atoms with Crippen LogP contribution in [0, 0.1) is 10.1 Å². The average Bonchev–Trinajstić information content (AvgIpc) is 2.65. The fourth-order valence-corrected chi connectivity index (χ4v) is 3.19. The Morgan fingerprint density at radius 3 is 2.77 bits per heavy atom. The number of nitro groups is 1. The van der Waals surface area contributed by atoms with Crippen LogP contribution in [0.25, 0.3) is 0 Å². The largest absolute Gasteiger partial charge is 0.449 e. The Kier molecular flexibility index (Phi) is 6.08. The fourth-order valence-electron chi connectivity index (χ4n) is 2.79. The normalized spacial score (nSPS) is 18.2. The van der Waals surface area contributed by atoms with Gasteiger partial charge in [0.15, 0.2) is 0 Å². The lowest BCUT2D eigenvalue weighted by Crippen LogP contribution is -2.46. The minimum atomic E-state index is -0.432. The quantitative estimate of drug-likeness (QED) is 0.542. The second kappa shape index (κ2) is 8.48. The second-order valence-electron chi connectivity index (χ2n) is 5.99. The zero-order valence-corrected chi connectivity index (χ0v) is 15.9. The third-order valence-corrected chi connectivity index (χ3v) is 4.75. The number of rotatable bonds is 6. The van der Waals surface area contributed by atoms with Gasteiger partial charge < -0.3 is 20.1 Å². The third kappa shape index (κ3) is 4.32. The molecule has 1 saturated heterocycles. The van der Waals surface area contributed by atoms with Crippen LogP contribution in [-0.4, -0.2) is 36.8 Å². The van der Waals surface area contributed by atoms with Crippen LogP contribution in [0.5, 0.6) is 11.5 Å². The summed E-state index contributed by atoms with van der Waals surface area (Å²) in [4.78, 5) is 11.3. The monoisotopic (exact) mass is 421 g/mol. The smallest absolute Gasteiger partial charge is 0.335 e. The number of hydrogen-bond acceptors (Lipinski definition) is 6. The number of morpholine rings is 1. The summed E-state index contributed by atoms with van der Waals surface area (Å²) >= 11 is 3.36. The summed E-state index contributed by atoms with van der Waals surface area (Å²) in [6.07, 6.45) is -0.0644. The van der Waals surface area contributed by atoms with Crippen molar-refractivity contribution in [2.24, 2.45) is 0 Å². The van der Waals surface area contributed by atoms with Crippen molar-refractivity contribution in [3.63, 3.8) is 0 Å². The van der Waals surface area contributed by atoms with E-state index in [0.29, 0.717) is 29.1 Å². The van der Waals surface area contributed by atoms with E-state index in [1.807, 2.05) is 25.1 Å². The highest BCUT2D eigenvalue weighted by Crippen LogP contribution is 2.43. The van der Waals surface area contributed by atoms with Gasteiger partial charge in [0.1, 0.15) is 11.4 Å². The summed E-state index contributed by atoms with van der Waals surface area (Å²) in [7, 11) is 0. The van der Waals surface area contributed by atoms with Crippen LogP contribution in [0.4, 0.5) is 11.4 Å². The highest BCUT2D eigenvalue weighted by molar-refractivity contribution is 9.10. The molecule has 0 aliphatic carbocycles. The lowest BCUT2D eigenvalue weighted by molar-refractivity contribution is -0.384. The van der Waals surface area contributed by atoms with Crippen LogP contribution in [0.3, 0.4) is 0 Å². The molecule has 0 radical (unpaired) electrons. The zero-order valence-electron chi connectivity index (χ0n) is 14.3. The molecule has 0 saturated carbocycles. The lowest BCUT2D eigenvalue weighted by atomic mass is 10.1. The van der Waals surface area contributed by atoms with Crippen molar-refractivity contribution >= 4 is 27.3 Å². The van der Waals surface area contributed by atoms with Crippen molar-refractivity contribution < 1.29 is 14.4 Å². The van der Waals surface area contributed by atoms with Gasteiger partial charge in [-0.3, -0.25) is 10.1 Å². The van der Waals surface area contributed by atoms with Gasteiger partial charge in [0, 0.05) is 13.1 Å². The van der Waals surface area contributed by atoms with E-state index in [4.69, 9.17) is 9.47 Å². The van der Waals surface area contributed by atoms with Gasteiger partial charge in [-0.2, -0.15) is 0 Å². The Bertz CT molecular complexity index is 767. The van der Waals surface area contributed by atoms with Gasteiger partial charge in [0.25, 0.3) is 0 Å². The summed E-state index contributed by atoms with van der Waals surface area (Å²) in [6.45, 7) is 4.09. The minimum absolute atomic E-state index is 0.0644. The number of hydrogen-bond donors (Lipinski definition) is 2. The number of nitro benzene ring substituents is 1. The standard InChI is InChI=1S/C18H20BrN3O4/c1-12(16-11-20-9-10-25-16)21-15-8-7-14(19)18(17(15)22(23)24)26-13-5-3-2-4-6-13/h2-8,12,16,20-21H,9-11H2,1H3. The molecule has 0 aromatic heterocycles. The predicted molar refractivity (Wildman–Crippen MR) is 103 cm³/mol. The molecule has 26 heavy (non-hydrogen) atoms. The Morgan fingerprint density at radius 2 is 2.12 bits per heavy atom. The molecule has 1 fully saturated rings. The third-order valence-electron chi connectivity index (χ3n) is 4.13. The molecule has 2 aromatic rings. The minimum Gasteiger partial charge on any atom is -0.449 e. The first-order chi connectivity index (χ1) is 12.6. The fraction of sp³-hybridized carbons (Fsp3) is 0.333. The Labute approximate surface area is 160 Å². The van der Waals surface area contributed by atoms with E-state index in [1.165, 1.54) is 0 Å². The molecule has 1 heterocycles. The molecule has 1 aliphatic rings. The van der Waals surface area contributed by atoms with Gasteiger partial charge in [0.05, 0.1) is 28.1 Å². The Hall–Kier alpha value is -2.16. The van der Waals surface area contributed by atoms with E-state index >= 15 is 0 Å². The molecule has 138 valence electrons. The summed E-state index contributed by atoms with van der Waals surface area (Å²) in [5, 5.41) is 18.2. The molecule has 7 nitrogen and oxygen atoms in total. The Morgan fingerprint density at radius 1 is 1.35 bits per heavy atom. The molecule has 2 atom stereocenters. The van der Waals surface area contributed by atoms with Crippen LogP contribution in [0.2, 0.25) is 0 Å². The van der Waals surface area contributed by atoms with Crippen LogP contribution < -0.4 is 15.4 Å². The first-order valence-corrected chi connectivity index (χ1v) is 9.14. The van der Waals surface area contributed by atoms with E-state index in [2.05, 4.69) is 26.6 Å². The molecule has 0 bridgehead atoms. The summed E-state index contributed by atoms with van der Waals surface area (Å²) < 4.78 is 12.0. The molecular formula is C18H20BrN3O4. The predicted octanol–water partition coefficient (Wildman–Crippen LogP) is 3.94. The maximum absolute atomic E-state index is 11.8. The summed E-state index contributed by atoms with van der Waals surface area (Å²) in [5.74, 6) is 0.697. The van der Waals surface area contributed by atoms with Gasteiger partial charge >= 0.3 is 5.69 Å². The molecule has 8 heteroatoms. The molecule has 0 spiro atoms. The molecule has 2 aromatic carbocycles. The Balaban J connectivity index is 1.90. The van der Waals surface area contributed by atoms with Gasteiger partial charge in [-0.05, 0) is 47.1 Å². The topological polar surface area (TPSA) is 85.7 Å². The van der Waals surface area contributed by atoms with E-state index < -0.39 is 4.92 Å². The van der Waals surface area contributed by atoms with E-state index in [1.54, 1.807) is 24.3 Å². The SMILES string of the molecule is CC(Nc1ccc(Br)c(Oc2ccccc2)c1[N+](=O)[O-])C1CNCCO1. The van der Waals surface area contributed by atoms with Crippen LogP contribution >= 0.6 is 15.9 Å². The van der Waals surface area contributed by atoms with E-state index in [0.717, 1.165) is 6.54 Å². The number of benzene rings is 2. The van der Waals surface area contributed by atoms with Crippen LogP contribution in [0.15, 0.2) is 46.9 Å². The van der Waals surface area contributed by atoms with Crippen LogP contribution in [-0.2, 0) is 4.74 Å².